The number of nitrogens with one attached hydrogen (secondary N) is 1. The van der Waals surface area contributed by atoms with Gasteiger partial charge in [-0.25, -0.2) is 8.42 Å². The third kappa shape index (κ3) is 6.96. The number of benzene rings is 1. The van der Waals surface area contributed by atoms with Crippen molar-refractivity contribution in [2.24, 2.45) is 4.99 Å². The molecule has 0 atom stereocenters. The van der Waals surface area contributed by atoms with E-state index in [9.17, 15) is 8.42 Å². The van der Waals surface area contributed by atoms with Gasteiger partial charge in [-0.05, 0) is 24.1 Å². The molecule has 1 aliphatic rings. The zero-order chi connectivity index (χ0) is 20.0. The molecule has 1 fully saturated rings. The Morgan fingerprint density at radius 2 is 1.86 bits per heavy atom. The van der Waals surface area contributed by atoms with Crippen molar-refractivity contribution in [2.45, 2.75) is 17.9 Å². The lowest BCUT2D eigenvalue weighted by atomic mass is 10.1. The van der Waals surface area contributed by atoms with Crippen LogP contribution in [0.2, 0.25) is 0 Å². The highest BCUT2D eigenvalue weighted by molar-refractivity contribution is 14.0. The summed E-state index contributed by atoms with van der Waals surface area (Å²) < 4.78 is 27.9. The Bertz CT molecular complexity index is 877. The minimum absolute atomic E-state index is 0. The standard InChI is InChI=1S/C19H27N5O3S.HI/c1-20-19(21-9-7-16-3-5-18(6-4-16)28(2,25)26)24-12-10-23(11-13-24)15-17-8-14-27-22-17;/h3-6,8,14H,7,9-13,15H2,1-2H3,(H,20,21);1H. The van der Waals surface area contributed by atoms with E-state index >= 15 is 0 Å². The van der Waals surface area contributed by atoms with Gasteiger partial charge in [0.25, 0.3) is 0 Å². The second kappa shape index (κ2) is 10.9. The Hall–Kier alpha value is -1.66. The first kappa shape index (κ1) is 23.6. The van der Waals surface area contributed by atoms with Gasteiger partial charge < -0.3 is 14.7 Å². The number of piperazine rings is 1. The van der Waals surface area contributed by atoms with Crippen molar-refractivity contribution in [3.05, 3.63) is 47.9 Å². The van der Waals surface area contributed by atoms with Gasteiger partial charge in [0.15, 0.2) is 15.8 Å². The van der Waals surface area contributed by atoms with Crippen LogP contribution in [0.25, 0.3) is 0 Å². The molecule has 1 aromatic carbocycles. The summed E-state index contributed by atoms with van der Waals surface area (Å²) in [6, 6.07) is 8.95. The third-order valence-corrected chi connectivity index (χ3v) is 5.94. The lowest BCUT2D eigenvalue weighted by molar-refractivity contribution is 0.169. The van der Waals surface area contributed by atoms with Crippen LogP contribution in [0.1, 0.15) is 11.3 Å². The molecule has 0 amide bonds. The number of aliphatic imine (C=N–C) groups is 1. The summed E-state index contributed by atoms with van der Waals surface area (Å²) >= 11 is 0. The van der Waals surface area contributed by atoms with Crippen molar-refractivity contribution < 1.29 is 12.9 Å². The van der Waals surface area contributed by atoms with Crippen LogP contribution in [0.5, 0.6) is 0 Å². The van der Waals surface area contributed by atoms with E-state index < -0.39 is 9.84 Å². The molecule has 0 bridgehead atoms. The monoisotopic (exact) mass is 533 g/mol. The molecule has 1 saturated heterocycles. The van der Waals surface area contributed by atoms with Gasteiger partial charge in [0.05, 0.1) is 10.6 Å². The summed E-state index contributed by atoms with van der Waals surface area (Å²) in [7, 11) is -1.35. The molecule has 0 unspecified atom stereocenters. The molecule has 160 valence electrons. The summed E-state index contributed by atoms with van der Waals surface area (Å²) in [5.41, 5.74) is 2.05. The Morgan fingerprint density at radius 1 is 1.17 bits per heavy atom. The lowest BCUT2D eigenvalue weighted by Crippen LogP contribution is -2.52. The van der Waals surface area contributed by atoms with E-state index in [1.165, 1.54) is 6.26 Å². The molecule has 2 aromatic rings. The maximum Gasteiger partial charge on any atom is 0.193 e. The average Bonchev–Trinajstić information content (AvgIpc) is 3.19. The molecule has 8 nitrogen and oxygen atoms in total. The van der Waals surface area contributed by atoms with Crippen molar-refractivity contribution in [1.29, 1.82) is 0 Å². The molecule has 29 heavy (non-hydrogen) atoms. The summed E-state index contributed by atoms with van der Waals surface area (Å²) in [4.78, 5) is 9.35. The van der Waals surface area contributed by atoms with Crippen molar-refractivity contribution in [2.75, 3.05) is 46.0 Å². The molecule has 0 spiro atoms. The summed E-state index contributed by atoms with van der Waals surface area (Å²) in [5.74, 6) is 0.897. The number of guanidine groups is 1. The molecule has 0 aliphatic carbocycles. The van der Waals surface area contributed by atoms with E-state index in [4.69, 9.17) is 4.52 Å². The fraction of sp³-hybridized carbons (Fsp3) is 0.474. The Labute approximate surface area is 189 Å². The van der Waals surface area contributed by atoms with Gasteiger partial charge in [0.1, 0.15) is 6.26 Å². The average molecular weight is 533 g/mol. The third-order valence-electron chi connectivity index (χ3n) is 4.81. The Balaban J connectivity index is 0.00000300. The van der Waals surface area contributed by atoms with Crippen molar-refractivity contribution in [3.8, 4) is 0 Å². The summed E-state index contributed by atoms with van der Waals surface area (Å²) in [6.45, 7) is 5.24. The van der Waals surface area contributed by atoms with Gasteiger partial charge in [-0.3, -0.25) is 9.89 Å². The van der Waals surface area contributed by atoms with Crippen LogP contribution in [-0.4, -0.2) is 75.4 Å². The molecule has 1 aliphatic heterocycles. The number of hydrogen-bond acceptors (Lipinski definition) is 6. The molecule has 1 N–H and O–H groups in total. The number of rotatable bonds is 6. The maximum atomic E-state index is 11.5. The van der Waals surface area contributed by atoms with Crippen LogP contribution < -0.4 is 5.32 Å². The number of halogens is 1. The fourth-order valence-electron chi connectivity index (χ4n) is 3.22. The molecular formula is C19H28IN5O3S. The highest BCUT2D eigenvalue weighted by Gasteiger charge is 2.20. The molecule has 0 radical (unpaired) electrons. The minimum Gasteiger partial charge on any atom is -0.364 e. The van der Waals surface area contributed by atoms with E-state index in [1.807, 2.05) is 18.2 Å². The first-order valence-electron chi connectivity index (χ1n) is 9.32. The van der Waals surface area contributed by atoms with Crippen LogP contribution in [-0.2, 0) is 22.8 Å². The SMILES string of the molecule is CN=C(NCCc1ccc(S(C)(=O)=O)cc1)N1CCN(Cc2ccon2)CC1.I. The number of nitrogens with zero attached hydrogens (tertiary/aromatic N) is 4. The first-order valence-corrected chi connectivity index (χ1v) is 11.2. The van der Waals surface area contributed by atoms with Crippen LogP contribution in [0.15, 0.2) is 51.0 Å². The largest absolute Gasteiger partial charge is 0.364 e. The maximum absolute atomic E-state index is 11.5. The zero-order valence-electron chi connectivity index (χ0n) is 16.7. The van der Waals surface area contributed by atoms with Crippen LogP contribution >= 0.6 is 24.0 Å². The van der Waals surface area contributed by atoms with Gasteiger partial charge in [-0.2, -0.15) is 0 Å². The molecule has 0 saturated carbocycles. The van der Waals surface area contributed by atoms with E-state index in [1.54, 1.807) is 25.4 Å². The van der Waals surface area contributed by atoms with Gasteiger partial charge in [-0.1, -0.05) is 17.3 Å². The second-order valence-electron chi connectivity index (χ2n) is 6.89. The fourth-order valence-corrected chi connectivity index (χ4v) is 3.85. The van der Waals surface area contributed by atoms with Crippen molar-refractivity contribution in [3.63, 3.8) is 0 Å². The number of hydrogen-bond donors (Lipinski definition) is 1. The van der Waals surface area contributed by atoms with Crippen molar-refractivity contribution in [1.82, 2.24) is 20.3 Å². The smallest absolute Gasteiger partial charge is 0.193 e. The predicted molar refractivity (Wildman–Crippen MR) is 123 cm³/mol. The quantitative estimate of drug-likeness (QED) is 0.343. The summed E-state index contributed by atoms with van der Waals surface area (Å²) in [6.07, 6.45) is 3.63. The van der Waals surface area contributed by atoms with E-state index in [-0.39, 0.29) is 24.0 Å². The number of sulfone groups is 1. The first-order chi connectivity index (χ1) is 13.5. The normalized spacial score (nSPS) is 15.8. The zero-order valence-corrected chi connectivity index (χ0v) is 19.9. The van der Waals surface area contributed by atoms with Gasteiger partial charge in [0, 0.05) is 58.6 Å². The topological polar surface area (TPSA) is 91.0 Å². The van der Waals surface area contributed by atoms with E-state index in [0.29, 0.717) is 4.90 Å². The Kier molecular flexibility index (Phi) is 8.90. The van der Waals surface area contributed by atoms with E-state index in [0.717, 1.165) is 62.9 Å². The molecule has 2 heterocycles. The highest BCUT2D eigenvalue weighted by Crippen LogP contribution is 2.11. The predicted octanol–water partition coefficient (Wildman–Crippen LogP) is 1.63. The summed E-state index contributed by atoms with van der Waals surface area (Å²) in [5, 5.41) is 7.37. The molecule has 1 aromatic heterocycles. The van der Waals surface area contributed by atoms with Crippen LogP contribution in [0, 0.1) is 0 Å². The molecule has 3 rings (SSSR count). The molecular weight excluding hydrogens is 505 g/mol. The van der Waals surface area contributed by atoms with Crippen LogP contribution in [0.4, 0.5) is 0 Å². The highest BCUT2D eigenvalue weighted by atomic mass is 127. The van der Waals surface area contributed by atoms with Gasteiger partial charge in [0.2, 0.25) is 0 Å². The van der Waals surface area contributed by atoms with Gasteiger partial charge >= 0.3 is 0 Å². The van der Waals surface area contributed by atoms with Crippen molar-refractivity contribution >= 4 is 39.8 Å². The minimum atomic E-state index is -3.15. The number of aromatic nitrogens is 1. The molecule has 10 heteroatoms. The van der Waals surface area contributed by atoms with Crippen LogP contribution in [0.3, 0.4) is 0 Å². The van der Waals surface area contributed by atoms with E-state index in [2.05, 4.69) is 25.3 Å². The lowest BCUT2D eigenvalue weighted by Gasteiger charge is -2.36. The van der Waals surface area contributed by atoms with Gasteiger partial charge in [-0.15, -0.1) is 24.0 Å². The second-order valence-corrected chi connectivity index (χ2v) is 8.91. The Morgan fingerprint density at radius 3 is 2.41 bits per heavy atom.